The minimum absolute atomic E-state index is 0.00922. The third-order valence-corrected chi connectivity index (χ3v) is 11.1. The molecule has 7 nitrogen and oxygen atoms in total. The molecule has 168 valence electrons. The monoisotopic (exact) mass is 482 g/mol. The van der Waals surface area contributed by atoms with E-state index >= 15 is 0 Å². The van der Waals surface area contributed by atoms with Gasteiger partial charge in [0.2, 0.25) is 0 Å². The highest BCUT2D eigenvalue weighted by atomic mass is 32.5. The topological polar surface area (TPSA) is 75.1 Å². The van der Waals surface area contributed by atoms with Crippen molar-refractivity contribution in [3.05, 3.63) is 0 Å². The fourth-order valence-corrected chi connectivity index (χ4v) is 7.85. The van der Waals surface area contributed by atoms with Crippen molar-refractivity contribution in [2.75, 3.05) is 20.3 Å². The van der Waals surface area contributed by atoms with Gasteiger partial charge >= 0.3 is 6.09 Å². The Hall–Kier alpha value is 0.0400. The lowest BCUT2D eigenvalue weighted by Gasteiger charge is -2.46. The standard InChI is InChI=1S/C18H34N3O4PS3/c1-5-18(6-2)12-23-26(28,24-13-18)21(15-10-8-7-9-11-15)29-20(4)17(22)25-14(3)16(19)27/h14-15H,5-13H2,1-4H3,(H2,19,27)/p-1. The van der Waals surface area contributed by atoms with Crippen molar-refractivity contribution >= 4 is 54.3 Å². The fourth-order valence-electron chi connectivity index (χ4n) is 3.34. The number of carbonyl (C=O) groups is 1. The predicted octanol–water partition coefficient (Wildman–Crippen LogP) is 5.24. The van der Waals surface area contributed by atoms with Crippen LogP contribution < -0.4 is 0 Å². The van der Waals surface area contributed by atoms with Crippen LogP contribution in [-0.2, 0) is 38.2 Å². The van der Waals surface area contributed by atoms with E-state index in [-0.39, 0.29) is 16.5 Å². The Bertz CT molecular complexity index is 615. The number of carbonyl (C=O) groups excluding carboxylic acids is 1. The first-order valence-electron chi connectivity index (χ1n) is 10.2. The highest BCUT2D eigenvalue weighted by molar-refractivity contribution is 8.15. The molecule has 29 heavy (non-hydrogen) atoms. The zero-order valence-corrected chi connectivity index (χ0v) is 21.1. The molecule has 0 radical (unpaired) electrons. The Morgan fingerprint density at radius 1 is 1.31 bits per heavy atom. The largest absolute Gasteiger partial charge is 0.762 e. The first-order valence-corrected chi connectivity index (χ1v) is 14.0. The molecule has 1 amide bonds. The second-order valence-corrected chi connectivity index (χ2v) is 12.9. The van der Waals surface area contributed by atoms with Gasteiger partial charge in [-0.15, -0.1) is 0 Å². The van der Waals surface area contributed by atoms with E-state index in [2.05, 4.69) is 13.8 Å². The summed E-state index contributed by atoms with van der Waals surface area (Å²) in [5.74, 6) is 0. The molecule has 1 saturated heterocycles. The summed E-state index contributed by atoms with van der Waals surface area (Å²) < 4.78 is 21.2. The number of nitrogens with one attached hydrogen (secondary N) is 1. The van der Waals surface area contributed by atoms with E-state index in [1.165, 1.54) is 22.9 Å². The van der Waals surface area contributed by atoms with E-state index in [0.29, 0.717) is 13.2 Å². The van der Waals surface area contributed by atoms with Crippen LogP contribution in [-0.4, -0.2) is 51.9 Å². The summed E-state index contributed by atoms with van der Waals surface area (Å²) in [4.78, 5) is 12.5. The second kappa shape index (κ2) is 11.1. The van der Waals surface area contributed by atoms with Crippen molar-refractivity contribution in [3.8, 4) is 0 Å². The van der Waals surface area contributed by atoms with Crippen molar-refractivity contribution in [2.45, 2.75) is 77.9 Å². The van der Waals surface area contributed by atoms with Gasteiger partial charge in [-0.1, -0.05) is 38.2 Å². The molecule has 2 rings (SSSR count). The van der Waals surface area contributed by atoms with Crippen molar-refractivity contribution in [2.24, 2.45) is 5.41 Å². The smallest absolute Gasteiger partial charge is 0.421 e. The summed E-state index contributed by atoms with van der Waals surface area (Å²) in [6.07, 6.45) is 6.12. The number of amides is 1. The third-order valence-electron chi connectivity index (χ3n) is 5.81. The summed E-state index contributed by atoms with van der Waals surface area (Å²) in [7, 11) is 1.64. The number of rotatable bonds is 8. The van der Waals surface area contributed by atoms with Gasteiger partial charge in [0.1, 0.15) is 6.10 Å². The molecule has 1 aliphatic heterocycles. The lowest BCUT2D eigenvalue weighted by atomic mass is 9.84. The molecule has 1 unspecified atom stereocenters. The quantitative estimate of drug-likeness (QED) is 0.165. The summed E-state index contributed by atoms with van der Waals surface area (Å²) in [6, 6.07) is 0.195. The fraction of sp³-hybridized carbons (Fsp3) is 0.889. The maximum Gasteiger partial charge on any atom is 0.421 e. The molecular weight excluding hydrogens is 449 g/mol. The number of hydrogen-bond acceptors (Lipinski definition) is 8. The maximum absolute atomic E-state index is 12.5. The highest BCUT2D eigenvalue weighted by Gasteiger charge is 2.45. The normalized spacial score (nSPS) is 22.8. The minimum Gasteiger partial charge on any atom is -0.762 e. The van der Waals surface area contributed by atoms with Crippen molar-refractivity contribution in [3.63, 3.8) is 0 Å². The van der Waals surface area contributed by atoms with Crippen LogP contribution >= 0.6 is 18.8 Å². The van der Waals surface area contributed by atoms with Crippen LogP contribution in [0.1, 0.15) is 65.7 Å². The zero-order chi connectivity index (χ0) is 21.7. The van der Waals surface area contributed by atoms with E-state index in [4.69, 9.17) is 43.6 Å². The van der Waals surface area contributed by atoms with Gasteiger partial charge in [-0.25, -0.2) is 9.10 Å². The molecule has 2 aliphatic rings. The van der Waals surface area contributed by atoms with Gasteiger partial charge in [-0.3, -0.25) is 0 Å². The van der Waals surface area contributed by atoms with Crippen LogP contribution in [0.15, 0.2) is 0 Å². The molecule has 0 spiro atoms. The number of hydrogen-bond donors (Lipinski definition) is 1. The molecular formula is C18H33N3O4PS3-. The Kier molecular flexibility index (Phi) is 9.66. The van der Waals surface area contributed by atoms with E-state index in [1.807, 2.05) is 4.08 Å². The zero-order valence-electron chi connectivity index (χ0n) is 17.7. The van der Waals surface area contributed by atoms with E-state index < -0.39 is 18.8 Å². The summed E-state index contributed by atoms with van der Waals surface area (Å²) in [5, 5.41) is 7.34. The van der Waals surface area contributed by atoms with Crippen molar-refractivity contribution < 1.29 is 18.6 Å². The van der Waals surface area contributed by atoms with Crippen LogP contribution in [0, 0.1) is 10.8 Å². The van der Waals surface area contributed by atoms with Gasteiger partial charge in [0, 0.05) is 18.5 Å². The van der Waals surface area contributed by atoms with Crippen LogP contribution in [0.4, 0.5) is 4.79 Å². The van der Waals surface area contributed by atoms with Gasteiger partial charge in [-0.2, -0.15) is 4.08 Å². The Balaban J connectivity index is 2.14. The first kappa shape index (κ1) is 25.3. The average molecular weight is 483 g/mol. The summed E-state index contributed by atoms with van der Waals surface area (Å²) >= 11 is 11.9. The molecule has 1 N–H and O–H groups in total. The number of nitrogens with zero attached hydrogens (tertiary/aromatic N) is 2. The third kappa shape index (κ3) is 6.51. The van der Waals surface area contributed by atoms with Gasteiger partial charge in [0.05, 0.1) is 25.3 Å². The molecule has 0 bridgehead atoms. The Labute approximate surface area is 190 Å². The Morgan fingerprint density at radius 3 is 2.34 bits per heavy atom. The molecule has 11 heteroatoms. The van der Waals surface area contributed by atoms with Gasteiger partial charge in [0.15, 0.2) is 0 Å². The van der Waals surface area contributed by atoms with Crippen LogP contribution in [0.25, 0.3) is 0 Å². The lowest BCUT2D eigenvalue weighted by Crippen LogP contribution is -2.41. The molecule has 1 saturated carbocycles. The first-order chi connectivity index (χ1) is 13.7. The van der Waals surface area contributed by atoms with Crippen molar-refractivity contribution in [1.82, 2.24) is 8.38 Å². The van der Waals surface area contributed by atoms with Gasteiger partial charge in [0.25, 0.3) is 6.64 Å². The second-order valence-electron chi connectivity index (χ2n) is 7.79. The van der Waals surface area contributed by atoms with E-state index in [9.17, 15) is 4.79 Å². The highest BCUT2D eigenvalue weighted by Crippen LogP contribution is 2.63. The Morgan fingerprint density at radius 2 is 1.86 bits per heavy atom. The molecule has 2 fully saturated rings. The van der Waals surface area contributed by atoms with Crippen LogP contribution in [0.3, 0.4) is 0 Å². The van der Waals surface area contributed by atoms with E-state index in [1.54, 1.807) is 14.0 Å². The maximum atomic E-state index is 12.5. The molecule has 1 atom stereocenters. The molecule has 0 aromatic rings. The minimum atomic E-state index is -2.73. The van der Waals surface area contributed by atoms with Gasteiger partial charge < -0.3 is 31.8 Å². The molecule has 1 aliphatic carbocycles. The van der Waals surface area contributed by atoms with Crippen LogP contribution in [0.5, 0.6) is 0 Å². The van der Waals surface area contributed by atoms with Crippen molar-refractivity contribution in [1.29, 1.82) is 5.41 Å². The molecule has 1 heterocycles. The molecule has 0 aromatic carbocycles. The lowest BCUT2D eigenvalue weighted by molar-refractivity contribution is 0.0161. The SMILES string of the molecule is CCC1(CC)COP(=S)(N(SN(C)C(=O)OC(C)C(=N)[S-])C2CCCCC2)OC1. The summed E-state index contributed by atoms with van der Waals surface area (Å²) in [6.45, 7) is 4.34. The van der Waals surface area contributed by atoms with Crippen LogP contribution in [0.2, 0.25) is 0 Å². The summed E-state index contributed by atoms with van der Waals surface area (Å²) in [5.41, 5.74) is 0.00922. The predicted molar refractivity (Wildman–Crippen MR) is 124 cm³/mol. The van der Waals surface area contributed by atoms with E-state index in [0.717, 1.165) is 38.5 Å². The van der Waals surface area contributed by atoms with Gasteiger partial charge in [-0.05, 0) is 44.4 Å². The number of ether oxygens (including phenoxy) is 1. The average Bonchev–Trinajstić information content (AvgIpc) is 2.73. The molecule has 0 aromatic heterocycles.